The molecule has 0 amide bonds. The highest BCUT2D eigenvalue weighted by atomic mass is 32.1. The molecule has 0 unspecified atom stereocenters. The van der Waals surface area contributed by atoms with Crippen LogP contribution in [0.3, 0.4) is 0 Å². The predicted octanol–water partition coefficient (Wildman–Crippen LogP) is 4.72. The molecule has 0 fully saturated rings. The number of hydrogen-bond donors (Lipinski definition) is 1. The van der Waals surface area contributed by atoms with Crippen LogP contribution in [0.2, 0.25) is 0 Å². The number of aryl methyl sites for hydroxylation is 3. The molecule has 122 valence electrons. The number of rotatable bonds is 3. The average Bonchev–Trinajstić information content (AvgIpc) is 2.57. The van der Waals surface area contributed by atoms with Gasteiger partial charge >= 0.3 is 0 Å². The number of nitrogens with zero attached hydrogens (tertiary/aromatic N) is 1. The first-order valence-electron chi connectivity index (χ1n) is 7.91. The lowest BCUT2D eigenvalue weighted by molar-refractivity contribution is 0.457. The molecule has 3 aromatic rings. The molecule has 24 heavy (non-hydrogen) atoms. The molecule has 0 saturated carbocycles. The molecule has 0 atom stereocenters. The lowest BCUT2D eigenvalue weighted by Crippen LogP contribution is -2.05. The van der Waals surface area contributed by atoms with E-state index in [9.17, 15) is 9.90 Å². The Balaban J connectivity index is 2.19. The molecule has 0 saturated heterocycles. The van der Waals surface area contributed by atoms with E-state index < -0.39 is 0 Å². The van der Waals surface area contributed by atoms with Crippen molar-refractivity contribution < 1.29 is 5.11 Å². The lowest BCUT2D eigenvalue weighted by Gasteiger charge is -2.13. The van der Waals surface area contributed by atoms with E-state index in [1.807, 2.05) is 44.2 Å². The van der Waals surface area contributed by atoms with E-state index in [-0.39, 0.29) is 10.6 Å². The lowest BCUT2D eigenvalue weighted by atomic mass is 9.94. The van der Waals surface area contributed by atoms with Crippen LogP contribution in [0.5, 0.6) is 5.88 Å². The van der Waals surface area contributed by atoms with Crippen LogP contribution in [0.25, 0.3) is 21.7 Å². The third-order valence-corrected chi connectivity index (χ3v) is 5.01. The molecular weight excluding hydrogens is 318 g/mol. The molecule has 4 heteroatoms. The predicted molar refractivity (Wildman–Crippen MR) is 99.8 cm³/mol. The normalized spacial score (nSPS) is 10.8. The van der Waals surface area contributed by atoms with Crippen molar-refractivity contribution in [3.05, 3.63) is 68.7 Å². The monoisotopic (exact) mass is 337 g/mol. The summed E-state index contributed by atoms with van der Waals surface area (Å²) in [4.78, 5) is 17.0. The highest BCUT2D eigenvalue weighted by Crippen LogP contribution is 2.34. The standard InChI is InChI=1S/C20H19NO2S/c1-4-14-10-12(2)16(13(3)11-14)17-18(22)21-19(24-20(17)23)15-8-6-5-7-9-15/h5-11,22H,4H2,1-3H3. The van der Waals surface area contributed by atoms with Crippen molar-refractivity contribution in [2.45, 2.75) is 27.2 Å². The number of benzene rings is 2. The SMILES string of the molecule is CCc1cc(C)c(-c2c(O)nc(-c3ccccc3)sc2=O)c(C)c1. The van der Waals surface area contributed by atoms with Gasteiger partial charge in [-0.25, -0.2) is 4.98 Å². The van der Waals surface area contributed by atoms with Gasteiger partial charge in [0.1, 0.15) is 10.6 Å². The van der Waals surface area contributed by atoms with E-state index in [0.717, 1.165) is 40.0 Å². The third-order valence-electron chi connectivity index (χ3n) is 4.10. The molecule has 2 aromatic carbocycles. The van der Waals surface area contributed by atoms with Crippen molar-refractivity contribution in [1.82, 2.24) is 4.98 Å². The summed E-state index contributed by atoms with van der Waals surface area (Å²) in [5.74, 6) is -0.201. The van der Waals surface area contributed by atoms with Gasteiger partial charge in [-0.1, -0.05) is 60.7 Å². The maximum Gasteiger partial charge on any atom is 0.247 e. The molecule has 0 aliphatic rings. The maximum absolute atomic E-state index is 12.7. The van der Waals surface area contributed by atoms with Gasteiger partial charge in [-0.15, -0.1) is 0 Å². The molecule has 1 aromatic heterocycles. The second-order valence-electron chi connectivity index (χ2n) is 5.83. The van der Waals surface area contributed by atoms with Crippen LogP contribution in [0.1, 0.15) is 23.6 Å². The van der Waals surface area contributed by atoms with Crippen molar-refractivity contribution in [1.29, 1.82) is 0 Å². The molecule has 0 aliphatic heterocycles. The van der Waals surface area contributed by atoms with E-state index in [4.69, 9.17) is 0 Å². The zero-order valence-electron chi connectivity index (χ0n) is 14.0. The molecule has 0 bridgehead atoms. The molecule has 0 aliphatic carbocycles. The van der Waals surface area contributed by atoms with Gasteiger partial charge in [0.25, 0.3) is 0 Å². The van der Waals surface area contributed by atoms with E-state index in [0.29, 0.717) is 10.6 Å². The van der Waals surface area contributed by atoms with Crippen LogP contribution in [-0.4, -0.2) is 10.1 Å². The summed E-state index contributed by atoms with van der Waals surface area (Å²) in [7, 11) is 0. The van der Waals surface area contributed by atoms with Crippen molar-refractivity contribution >= 4 is 11.3 Å². The van der Waals surface area contributed by atoms with Gasteiger partial charge in [-0.05, 0) is 42.5 Å². The Bertz CT molecular complexity index is 923. The largest absolute Gasteiger partial charge is 0.493 e. The van der Waals surface area contributed by atoms with E-state index in [1.54, 1.807) is 0 Å². The highest BCUT2D eigenvalue weighted by molar-refractivity contribution is 7.12. The van der Waals surface area contributed by atoms with Gasteiger partial charge in [-0.3, -0.25) is 4.79 Å². The van der Waals surface area contributed by atoms with Crippen LogP contribution in [0.15, 0.2) is 47.3 Å². The van der Waals surface area contributed by atoms with Crippen LogP contribution in [0, 0.1) is 13.8 Å². The molecule has 3 rings (SSSR count). The summed E-state index contributed by atoms with van der Waals surface area (Å²) in [6.07, 6.45) is 0.937. The van der Waals surface area contributed by atoms with E-state index in [1.165, 1.54) is 5.56 Å². The quantitative estimate of drug-likeness (QED) is 0.752. The highest BCUT2D eigenvalue weighted by Gasteiger charge is 2.18. The van der Waals surface area contributed by atoms with Gasteiger partial charge in [-0.2, -0.15) is 0 Å². The molecule has 1 N–H and O–H groups in total. The third kappa shape index (κ3) is 2.97. The Morgan fingerprint density at radius 3 is 2.21 bits per heavy atom. The number of aromatic hydroxyl groups is 1. The van der Waals surface area contributed by atoms with Crippen molar-refractivity contribution in [3.8, 4) is 27.6 Å². The summed E-state index contributed by atoms with van der Waals surface area (Å²) < 4.78 is -0.170. The first-order chi connectivity index (χ1) is 11.5. The summed E-state index contributed by atoms with van der Waals surface area (Å²) in [5.41, 5.74) is 5.12. The van der Waals surface area contributed by atoms with Crippen LogP contribution in [-0.2, 0) is 6.42 Å². The van der Waals surface area contributed by atoms with Crippen LogP contribution >= 0.6 is 11.3 Å². The second-order valence-corrected chi connectivity index (χ2v) is 6.79. The Morgan fingerprint density at radius 1 is 1.04 bits per heavy atom. The minimum atomic E-state index is -0.201. The number of aromatic nitrogens is 1. The van der Waals surface area contributed by atoms with Gasteiger partial charge in [0.2, 0.25) is 10.6 Å². The van der Waals surface area contributed by atoms with Gasteiger partial charge in [0.05, 0.1) is 0 Å². The summed E-state index contributed by atoms with van der Waals surface area (Å²) in [6, 6.07) is 13.6. The Hall–Kier alpha value is -2.46. The minimum Gasteiger partial charge on any atom is -0.493 e. The van der Waals surface area contributed by atoms with Crippen LogP contribution in [0.4, 0.5) is 0 Å². The van der Waals surface area contributed by atoms with Crippen molar-refractivity contribution in [2.24, 2.45) is 0 Å². The van der Waals surface area contributed by atoms with Gasteiger partial charge in [0.15, 0.2) is 0 Å². The van der Waals surface area contributed by atoms with Crippen molar-refractivity contribution in [2.75, 3.05) is 0 Å². The van der Waals surface area contributed by atoms with Gasteiger partial charge in [0, 0.05) is 5.56 Å². The first kappa shape index (κ1) is 16.4. The molecular formula is C20H19NO2S. The summed E-state index contributed by atoms with van der Waals surface area (Å²) in [6.45, 7) is 6.04. The van der Waals surface area contributed by atoms with Gasteiger partial charge < -0.3 is 5.11 Å². The zero-order chi connectivity index (χ0) is 17.3. The van der Waals surface area contributed by atoms with E-state index in [2.05, 4.69) is 24.0 Å². The summed E-state index contributed by atoms with van der Waals surface area (Å²) in [5, 5.41) is 11.0. The summed E-state index contributed by atoms with van der Waals surface area (Å²) >= 11 is 1.07. The first-order valence-corrected chi connectivity index (χ1v) is 8.73. The Morgan fingerprint density at radius 2 is 1.67 bits per heavy atom. The molecule has 1 heterocycles. The molecule has 0 spiro atoms. The van der Waals surface area contributed by atoms with Crippen LogP contribution < -0.4 is 4.74 Å². The fourth-order valence-electron chi connectivity index (χ4n) is 2.97. The molecule has 3 nitrogen and oxygen atoms in total. The second kappa shape index (κ2) is 6.57. The smallest absolute Gasteiger partial charge is 0.247 e. The average molecular weight is 337 g/mol. The zero-order valence-corrected chi connectivity index (χ0v) is 14.8. The Kier molecular flexibility index (Phi) is 4.49. The number of hydrogen-bond acceptors (Lipinski definition) is 4. The minimum absolute atomic E-state index is 0.170. The maximum atomic E-state index is 12.7. The molecule has 0 radical (unpaired) electrons. The topological polar surface area (TPSA) is 50.2 Å². The Labute approximate surface area is 145 Å². The van der Waals surface area contributed by atoms with Crippen molar-refractivity contribution in [3.63, 3.8) is 0 Å². The fourth-order valence-corrected chi connectivity index (χ4v) is 3.83. The fraction of sp³-hybridized carbons (Fsp3) is 0.200. The van der Waals surface area contributed by atoms with E-state index >= 15 is 0 Å².